The van der Waals surface area contributed by atoms with Crippen LogP contribution >= 0.6 is 23.4 Å². The number of hydrogen-bond acceptors (Lipinski definition) is 6. The van der Waals surface area contributed by atoms with E-state index in [0.29, 0.717) is 33.1 Å². The van der Waals surface area contributed by atoms with Gasteiger partial charge in [-0.05, 0) is 50.2 Å². The number of carbonyl (C=O) groups excluding carboxylic acids is 2. The van der Waals surface area contributed by atoms with Crippen LogP contribution < -0.4 is 15.0 Å². The second-order valence-corrected chi connectivity index (χ2v) is 9.13. The molecular weight excluding hydrogens is 450 g/mol. The fourth-order valence-electron chi connectivity index (χ4n) is 3.36. The first-order valence-electron chi connectivity index (χ1n) is 9.90. The van der Waals surface area contributed by atoms with Gasteiger partial charge < -0.3 is 14.6 Å². The Morgan fingerprint density at radius 3 is 2.62 bits per heavy atom. The number of nitrogens with zero attached hydrogens (tertiary/aromatic N) is 4. The van der Waals surface area contributed by atoms with Gasteiger partial charge in [0, 0.05) is 12.1 Å². The fraction of sp³-hybridized carbons (Fsp3) is 0.273. The number of anilines is 2. The minimum absolute atomic E-state index is 0.106. The van der Waals surface area contributed by atoms with E-state index in [-0.39, 0.29) is 24.2 Å². The van der Waals surface area contributed by atoms with Crippen molar-refractivity contribution in [1.29, 1.82) is 0 Å². The molecule has 3 aromatic rings. The van der Waals surface area contributed by atoms with E-state index >= 15 is 0 Å². The quantitative estimate of drug-likeness (QED) is 0.548. The van der Waals surface area contributed by atoms with Crippen LogP contribution in [0.1, 0.15) is 19.7 Å². The van der Waals surface area contributed by atoms with E-state index in [2.05, 4.69) is 15.5 Å². The van der Waals surface area contributed by atoms with E-state index in [1.54, 1.807) is 53.6 Å². The van der Waals surface area contributed by atoms with Crippen molar-refractivity contribution in [1.82, 2.24) is 14.8 Å². The molecule has 0 saturated carbocycles. The monoisotopic (exact) mass is 471 g/mol. The Labute approximate surface area is 194 Å². The van der Waals surface area contributed by atoms with Gasteiger partial charge in [0.15, 0.2) is 11.0 Å². The SMILES string of the molecule is Cn1c(COc2ccc(Cl)cc2)nnc1SCC(=O)N1c2ccccc2NC(=O)C1(C)C. The molecule has 1 aromatic heterocycles. The molecular formula is C22H22ClN5O3S. The van der Waals surface area contributed by atoms with Gasteiger partial charge >= 0.3 is 0 Å². The summed E-state index contributed by atoms with van der Waals surface area (Å²) in [5.41, 5.74) is 0.289. The van der Waals surface area contributed by atoms with Crippen LogP contribution in [0.3, 0.4) is 0 Å². The van der Waals surface area contributed by atoms with Crippen LogP contribution in [0.2, 0.25) is 5.02 Å². The zero-order chi connectivity index (χ0) is 22.9. The predicted octanol–water partition coefficient (Wildman–Crippen LogP) is 3.90. The highest BCUT2D eigenvalue weighted by Gasteiger charge is 2.43. The van der Waals surface area contributed by atoms with Gasteiger partial charge in [0.25, 0.3) is 0 Å². The molecule has 0 radical (unpaired) electrons. The van der Waals surface area contributed by atoms with Crippen LogP contribution in [0.25, 0.3) is 0 Å². The van der Waals surface area contributed by atoms with Crippen molar-refractivity contribution in [3.05, 3.63) is 59.4 Å². The number of benzene rings is 2. The van der Waals surface area contributed by atoms with Gasteiger partial charge in [0.05, 0.1) is 17.1 Å². The predicted molar refractivity (Wildman–Crippen MR) is 124 cm³/mol. The lowest BCUT2D eigenvalue weighted by molar-refractivity contribution is -0.125. The number of rotatable bonds is 6. The number of halogens is 1. The van der Waals surface area contributed by atoms with E-state index in [0.717, 1.165) is 0 Å². The molecule has 32 heavy (non-hydrogen) atoms. The first-order valence-corrected chi connectivity index (χ1v) is 11.3. The maximum atomic E-state index is 13.2. The molecule has 0 spiro atoms. The first-order chi connectivity index (χ1) is 15.3. The van der Waals surface area contributed by atoms with E-state index in [1.165, 1.54) is 11.8 Å². The van der Waals surface area contributed by atoms with Gasteiger partial charge in [-0.15, -0.1) is 10.2 Å². The molecule has 1 aliphatic rings. The molecule has 2 heterocycles. The summed E-state index contributed by atoms with van der Waals surface area (Å²) >= 11 is 7.15. The third kappa shape index (κ3) is 4.31. The molecule has 0 aliphatic carbocycles. The molecule has 10 heteroatoms. The Morgan fingerprint density at radius 1 is 1.16 bits per heavy atom. The summed E-state index contributed by atoms with van der Waals surface area (Å²) in [5, 5.41) is 12.4. The molecule has 4 rings (SSSR count). The Kier molecular flexibility index (Phi) is 6.12. The Balaban J connectivity index is 1.44. The van der Waals surface area contributed by atoms with Crippen molar-refractivity contribution in [2.45, 2.75) is 31.1 Å². The summed E-state index contributed by atoms with van der Waals surface area (Å²) < 4.78 is 7.52. The number of amides is 2. The van der Waals surface area contributed by atoms with Crippen molar-refractivity contribution in [2.75, 3.05) is 16.0 Å². The Morgan fingerprint density at radius 2 is 1.88 bits per heavy atom. The number of carbonyl (C=O) groups is 2. The van der Waals surface area contributed by atoms with Crippen molar-refractivity contribution >= 4 is 46.6 Å². The second kappa shape index (κ2) is 8.84. The van der Waals surface area contributed by atoms with Crippen LogP contribution in [0.15, 0.2) is 53.7 Å². The Bertz CT molecular complexity index is 1160. The van der Waals surface area contributed by atoms with Crippen molar-refractivity contribution < 1.29 is 14.3 Å². The lowest BCUT2D eigenvalue weighted by Crippen LogP contribution is -2.59. The largest absolute Gasteiger partial charge is 0.486 e. The lowest BCUT2D eigenvalue weighted by atomic mass is 9.96. The summed E-state index contributed by atoms with van der Waals surface area (Å²) in [6.07, 6.45) is 0. The molecule has 166 valence electrons. The molecule has 0 fully saturated rings. The first kappa shape index (κ1) is 22.2. The summed E-state index contributed by atoms with van der Waals surface area (Å²) in [6.45, 7) is 3.69. The molecule has 2 amide bonds. The van der Waals surface area contributed by atoms with Gasteiger partial charge in [0.1, 0.15) is 17.9 Å². The minimum Gasteiger partial charge on any atom is -0.486 e. The van der Waals surface area contributed by atoms with E-state index in [1.807, 2.05) is 25.2 Å². The zero-order valence-electron chi connectivity index (χ0n) is 17.8. The number of hydrogen-bond donors (Lipinski definition) is 1. The van der Waals surface area contributed by atoms with Crippen LogP contribution in [-0.4, -0.2) is 37.9 Å². The summed E-state index contributed by atoms with van der Waals surface area (Å²) in [4.78, 5) is 27.3. The van der Waals surface area contributed by atoms with Crippen LogP contribution in [0.5, 0.6) is 5.75 Å². The second-order valence-electron chi connectivity index (χ2n) is 7.75. The molecule has 0 unspecified atom stereocenters. The van der Waals surface area contributed by atoms with Crippen LogP contribution in [0, 0.1) is 0 Å². The highest BCUT2D eigenvalue weighted by atomic mass is 35.5. The molecule has 8 nitrogen and oxygen atoms in total. The summed E-state index contributed by atoms with van der Waals surface area (Å²) in [7, 11) is 1.82. The standard InChI is InChI=1S/C22H22ClN5O3S/c1-22(2)20(30)24-16-6-4-5-7-17(16)28(22)19(29)13-32-21-26-25-18(27(21)3)12-31-15-10-8-14(23)9-11-15/h4-11H,12-13H2,1-3H3,(H,24,30). The highest BCUT2D eigenvalue weighted by Crippen LogP contribution is 2.37. The number of aromatic nitrogens is 3. The van der Waals surface area contributed by atoms with Gasteiger partial charge in [-0.2, -0.15) is 0 Å². The maximum absolute atomic E-state index is 13.2. The third-order valence-corrected chi connectivity index (χ3v) is 6.45. The Hall–Kier alpha value is -3.04. The number of fused-ring (bicyclic) bond motifs is 1. The number of nitrogens with one attached hydrogen (secondary N) is 1. The van der Waals surface area contributed by atoms with Crippen molar-refractivity contribution in [3.8, 4) is 5.75 Å². The topological polar surface area (TPSA) is 89.3 Å². The third-order valence-electron chi connectivity index (χ3n) is 5.19. The van der Waals surface area contributed by atoms with Crippen LogP contribution in [-0.2, 0) is 23.2 Å². The van der Waals surface area contributed by atoms with Crippen molar-refractivity contribution in [3.63, 3.8) is 0 Å². The molecule has 1 N–H and O–H groups in total. The smallest absolute Gasteiger partial charge is 0.250 e. The average molecular weight is 472 g/mol. The van der Waals surface area contributed by atoms with Gasteiger partial charge in [0.2, 0.25) is 11.8 Å². The maximum Gasteiger partial charge on any atom is 0.250 e. The van der Waals surface area contributed by atoms with Crippen molar-refractivity contribution in [2.24, 2.45) is 7.05 Å². The van der Waals surface area contributed by atoms with E-state index in [4.69, 9.17) is 16.3 Å². The van der Waals surface area contributed by atoms with Gasteiger partial charge in [-0.1, -0.05) is 35.5 Å². The molecule has 1 aliphatic heterocycles. The highest BCUT2D eigenvalue weighted by molar-refractivity contribution is 7.99. The lowest BCUT2D eigenvalue weighted by Gasteiger charge is -2.42. The average Bonchev–Trinajstić information content (AvgIpc) is 3.12. The fourth-order valence-corrected chi connectivity index (χ4v) is 4.27. The van der Waals surface area contributed by atoms with E-state index < -0.39 is 5.54 Å². The number of ether oxygens (including phenoxy) is 1. The minimum atomic E-state index is -1.01. The van der Waals surface area contributed by atoms with Crippen LogP contribution in [0.4, 0.5) is 11.4 Å². The summed E-state index contributed by atoms with van der Waals surface area (Å²) in [5.74, 6) is 0.984. The zero-order valence-corrected chi connectivity index (χ0v) is 19.4. The number of thioether (sulfide) groups is 1. The number of para-hydroxylation sites is 2. The molecule has 0 atom stereocenters. The van der Waals surface area contributed by atoms with Gasteiger partial charge in [-0.25, -0.2) is 0 Å². The van der Waals surface area contributed by atoms with E-state index in [9.17, 15) is 9.59 Å². The summed E-state index contributed by atoms with van der Waals surface area (Å²) in [6, 6.07) is 14.3. The van der Waals surface area contributed by atoms with Gasteiger partial charge in [-0.3, -0.25) is 14.5 Å². The molecule has 2 aromatic carbocycles. The normalized spacial score (nSPS) is 14.6. The molecule has 0 bridgehead atoms. The molecule has 0 saturated heterocycles.